The molecule has 2 aromatic rings. The number of likely N-dealkylation sites (N-methyl/N-ethyl adjacent to an activating group) is 1. The largest absolute Gasteiger partial charge is 0.319 e. The molecule has 2 heteroatoms. The number of rotatable bonds is 5. The van der Waals surface area contributed by atoms with Gasteiger partial charge in [0.05, 0.1) is 0 Å². The topological polar surface area (TPSA) is 24.9 Å². The molecule has 1 N–H and O–H groups in total. The van der Waals surface area contributed by atoms with Crippen molar-refractivity contribution in [2.24, 2.45) is 0 Å². The number of hydrogen-bond donors (Lipinski definition) is 1. The van der Waals surface area contributed by atoms with Gasteiger partial charge in [-0.15, -0.1) is 0 Å². The van der Waals surface area contributed by atoms with Gasteiger partial charge in [0.2, 0.25) is 0 Å². The lowest BCUT2D eigenvalue weighted by atomic mass is 9.94. The maximum absolute atomic E-state index is 4.48. The van der Waals surface area contributed by atoms with Gasteiger partial charge >= 0.3 is 0 Å². The Bertz CT molecular complexity index is 462. The van der Waals surface area contributed by atoms with Gasteiger partial charge in [0.15, 0.2) is 0 Å². The van der Waals surface area contributed by atoms with Crippen molar-refractivity contribution in [2.45, 2.75) is 19.3 Å². The predicted octanol–water partition coefficient (Wildman–Crippen LogP) is 3.00. The Morgan fingerprint density at radius 1 is 1.11 bits per heavy atom. The highest BCUT2D eigenvalue weighted by Crippen LogP contribution is 2.22. The van der Waals surface area contributed by atoms with Gasteiger partial charge in [-0.3, -0.25) is 4.98 Å². The molecular weight excluding hydrogens is 220 g/mol. The maximum Gasteiger partial charge on any atom is 0.0491 e. The summed E-state index contributed by atoms with van der Waals surface area (Å²) in [5.41, 5.74) is 3.82. The van der Waals surface area contributed by atoms with Crippen LogP contribution in [0, 0.1) is 0 Å². The summed E-state index contributed by atoms with van der Waals surface area (Å²) in [6.07, 6.45) is 2.94. The van der Waals surface area contributed by atoms with Gasteiger partial charge in [-0.2, -0.15) is 0 Å². The molecule has 0 aliphatic carbocycles. The minimum absolute atomic E-state index is 0.321. The molecule has 94 valence electrons. The Morgan fingerprint density at radius 2 is 1.89 bits per heavy atom. The molecule has 2 nitrogen and oxygen atoms in total. The van der Waals surface area contributed by atoms with E-state index in [2.05, 4.69) is 47.6 Å². The van der Waals surface area contributed by atoms with E-state index in [0.717, 1.165) is 18.7 Å². The SMILES string of the molecule is CCc1ccc(C(CNC)c2ccccn2)cc1. The Kier molecular flexibility index (Phi) is 4.48. The molecule has 18 heavy (non-hydrogen) atoms. The summed E-state index contributed by atoms with van der Waals surface area (Å²) >= 11 is 0. The molecule has 1 aromatic heterocycles. The molecule has 0 bridgehead atoms. The number of aromatic nitrogens is 1. The van der Waals surface area contributed by atoms with E-state index in [1.54, 1.807) is 0 Å². The van der Waals surface area contributed by atoms with Gasteiger partial charge in [-0.05, 0) is 36.7 Å². The third kappa shape index (κ3) is 2.96. The quantitative estimate of drug-likeness (QED) is 0.869. The van der Waals surface area contributed by atoms with Crippen molar-refractivity contribution in [3.63, 3.8) is 0 Å². The van der Waals surface area contributed by atoms with Crippen LogP contribution in [-0.4, -0.2) is 18.6 Å². The summed E-state index contributed by atoms with van der Waals surface area (Å²) < 4.78 is 0. The summed E-state index contributed by atoms with van der Waals surface area (Å²) in [5.74, 6) is 0.321. The van der Waals surface area contributed by atoms with Crippen LogP contribution in [0.4, 0.5) is 0 Å². The second kappa shape index (κ2) is 6.31. The Hall–Kier alpha value is -1.67. The van der Waals surface area contributed by atoms with Crippen LogP contribution in [0.2, 0.25) is 0 Å². The van der Waals surface area contributed by atoms with Gasteiger partial charge in [0.25, 0.3) is 0 Å². The van der Waals surface area contributed by atoms with Crippen molar-refractivity contribution in [2.75, 3.05) is 13.6 Å². The molecule has 0 saturated carbocycles. The highest BCUT2D eigenvalue weighted by atomic mass is 14.8. The fourth-order valence-corrected chi connectivity index (χ4v) is 2.17. The summed E-state index contributed by atoms with van der Waals surface area (Å²) in [4.78, 5) is 4.48. The minimum atomic E-state index is 0.321. The van der Waals surface area contributed by atoms with Crippen LogP contribution < -0.4 is 5.32 Å². The van der Waals surface area contributed by atoms with E-state index in [0.29, 0.717) is 5.92 Å². The number of aryl methyl sites for hydroxylation is 1. The number of nitrogens with zero attached hydrogens (tertiary/aromatic N) is 1. The maximum atomic E-state index is 4.48. The molecule has 0 amide bonds. The normalized spacial score (nSPS) is 12.3. The van der Waals surface area contributed by atoms with Gasteiger partial charge in [0, 0.05) is 24.4 Å². The minimum Gasteiger partial charge on any atom is -0.319 e. The molecule has 0 fully saturated rings. The summed E-state index contributed by atoms with van der Waals surface area (Å²) in [5, 5.41) is 3.25. The van der Waals surface area contributed by atoms with Gasteiger partial charge in [-0.1, -0.05) is 37.3 Å². The summed E-state index contributed by atoms with van der Waals surface area (Å²) in [7, 11) is 1.98. The highest BCUT2D eigenvalue weighted by Gasteiger charge is 2.14. The van der Waals surface area contributed by atoms with E-state index in [1.807, 2.05) is 25.4 Å². The first kappa shape index (κ1) is 12.8. The van der Waals surface area contributed by atoms with Crippen molar-refractivity contribution < 1.29 is 0 Å². The Balaban J connectivity index is 2.29. The standard InChI is InChI=1S/C16H20N2/c1-3-13-7-9-14(10-8-13)15(12-17-2)16-6-4-5-11-18-16/h4-11,15,17H,3,12H2,1-2H3. The van der Waals surface area contributed by atoms with Crippen LogP contribution in [0.25, 0.3) is 0 Å². The summed E-state index contributed by atoms with van der Waals surface area (Å²) in [6.45, 7) is 3.08. The lowest BCUT2D eigenvalue weighted by Crippen LogP contribution is -2.19. The fraction of sp³-hybridized carbons (Fsp3) is 0.312. The molecule has 0 radical (unpaired) electrons. The average molecular weight is 240 g/mol. The molecule has 0 spiro atoms. The molecule has 0 saturated heterocycles. The van der Waals surface area contributed by atoms with Crippen LogP contribution in [-0.2, 0) is 6.42 Å². The predicted molar refractivity (Wildman–Crippen MR) is 75.8 cm³/mol. The van der Waals surface area contributed by atoms with Crippen LogP contribution in [0.3, 0.4) is 0 Å². The van der Waals surface area contributed by atoms with Crippen LogP contribution in [0.1, 0.15) is 29.7 Å². The molecule has 1 heterocycles. The number of hydrogen-bond acceptors (Lipinski definition) is 2. The second-order valence-electron chi connectivity index (χ2n) is 4.46. The zero-order chi connectivity index (χ0) is 12.8. The van der Waals surface area contributed by atoms with Crippen molar-refractivity contribution in [3.05, 3.63) is 65.5 Å². The molecular formula is C16H20N2. The molecule has 1 aromatic carbocycles. The molecule has 1 atom stereocenters. The lowest BCUT2D eigenvalue weighted by molar-refractivity contribution is 0.691. The molecule has 0 aliphatic rings. The zero-order valence-electron chi connectivity index (χ0n) is 11.1. The third-order valence-electron chi connectivity index (χ3n) is 3.24. The summed E-state index contributed by atoms with van der Waals surface area (Å²) in [6, 6.07) is 15.0. The number of benzene rings is 1. The zero-order valence-corrected chi connectivity index (χ0v) is 11.1. The lowest BCUT2D eigenvalue weighted by Gasteiger charge is -2.16. The molecule has 0 aliphatic heterocycles. The average Bonchev–Trinajstić information content (AvgIpc) is 2.46. The van der Waals surface area contributed by atoms with Crippen LogP contribution in [0.5, 0.6) is 0 Å². The van der Waals surface area contributed by atoms with E-state index in [1.165, 1.54) is 11.1 Å². The van der Waals surface area contributed by atoms with E-state index in [-0.39, 0.29) is 0 Å². The van der Waals surface area contributed by atoms with Gasteiger partial charge < -0.3 is 5.32 Å². The van der Waals surface area contributed by atoms with E-state index in [4.69, 9.17) is 0 Å². The first-order valence-corrected chi connectivity index (χ1v) is 6.49. The smallest absolute Gasteiger partial charge is 0.0491 e. The van der Waals surface area contributed by atoms with E-state index in [9.17, 15) is 0 Å². The first-order valence-electron chi connectivity index (χ1n) is 6.49. The van der Waals surface area contributed by atoms with Gasteiger partial charge in [0.1, 0.15) is 0 Å². The monoisotopic (exact) mass is 240 g/mol. The highest BCUT2D eigenvalue weighted by molar-refractivity contribution is 5.31. The van der Waals surface area contributed by atoms with Crippen LogP contribution in [0.15, 0.2) is 48.7 Å². The van der Waals surface area contributed by atoms with Crippen molar-refractivity contribution in [3.8, 4) is 0 Å². The Labute approximate surface area is 109 Å². The third-order valence-corrected chi connectivity index (χ3v) is 3.24. The van der Waals surface area contributed by atoms with E-state index >= 15 is 0 Å². The van der Waals surface area contributed by atoms with Crippen molar-refractivity contribution in [1.82, 2.24) is 10.3 Å². The Morgan fingerprint density at radius 3 is 2.44 bits per heavy atom. The van der Waals surface area contributed by atoms with Crippen LogP contribution >= 0.6 is 0 Å². The van der Waals surface area contributed by atoms with E-state index < -0.39 is 0 Å². The second-order valence-corrected chi connectivity index (χ2v) is 4.46. The first-order chi connectivity index (χ1) is 8.85. The molecule has 1 unspecified atom stereocenters. The number of pyridine rings is 1. The molecule has 2 rings (SSSR count). The van der Waals surface area contributed by atoms with Crippen molar-refractivity contribution in [1.29, 1.82) is 0 Å². The van der Waals surface area contributed by atoms with Crippen molar-refractivity contribution >= 4 is 0 Å². The van der Waals surface area contributed by atoms with Gasteiger partial charge in [-0.25, -0.2) is 0 Å². The number of nitrogens with one attached hydrogen (secondary N) is 1. The fourth-order valence-electron chi connectivity index (χ4n) is 2.17.